The Bertz CT molecular complexity index is 944. The second-order valence-corrected chi connectivity index (χ2v) is 5.40. The summed E-state index contributed by atoms with van der Waals surface area (Å²) in [5.74, 6) is 1.96. The number of hydrogen-bond acceptors (Lipinski definition) is 5. The van der Waals surface area contributed by atoms with E-state index in [0.29, 0.717) is 18.3 Å². The van der Waals surface area contributed by atoms with Gasteiger partial charge in [-0.3, -0.25) is 0 Å². The van der Waals surface area contributed by atoms with Gasteiger partial charge in [-0.05, 0) is 24.3 Å². The van der Waals surface area contributed by atoms with E-state index in [2.05, 4.69) is 20.4 Å². The van der Waals surface area contributed by atoms with Gasteiger partial charge >= 0.3 is 0 Å². The van der Waals surface area contributed by atoms with Crippen LogP contribution in [-0.4, -0.2) is 25.2 Å². The van der Waals surface area contributed by atoms with Gasteiger partial charge in [0.25, 0.3) is 0 Å². The fourth-order valence-corrected chi connectivity index (χ4v) is 2.43. The van der Waals surface area contributed by atoms with Crippen molar-refractivity contribution in [1.82, 2.24) is 25.2 Å². The van der Waals surface area contributed by atoms with Crippen LogP contribution in [0.4, 0.5) is 0 Å². The summed E-state index contributed by atoms with van der Waals surface area (Å²) in [5.41, 5.74) is 2.68. The van der Waals surface area contributed by atoms with Crippen LogP contribution in [0.15, 0.2) is 65.1 Å². The Kier molecular flexibility index (Phi) is 3.63. The number of oxazole rings is 1. The van der Waals surface area contributed by atoms with E-state index in [0.717, 1.165) is 22.6 Å². The first kappa shape index (κ1) is 14.3. The first-order valence-corrected chi connectivity index (χ1v) is 7.64. The zero-order valence-corrected chi connectivity index (χ0v) is 13.1. The molecular weight excluding hydrogens is 302 g/mol. The van der Waals surface area contributed by atoms with Crippen LogP contribution >= 0.6 is 0 Å². The van der Waals surface area contributed by atoms with Crippen molar-refractivity contribution < 1.29 is 4.42 Å². The lowest BCUT2D eigenvalue weighted by atomic mass is 10.2. The predicted octanol–water partition coefficient (Wildman–Crippen LogP) is 3.35. The molecule has 2 aromatic carbocycles. The smallest absolute Gasteiger partial charge is 0.226 e. The lowest BCUT2D eigenvalue weighted by molar-refractivity contribution is 0.525. The molecule has 0 saturated heterocycles. The molecule has 0 spiro atoms. The largest absolute Gasteiger partial charge is 0.441 e. The van der Waals surface area contributed by atoms with E-state index < -0.39 is 0 Å². The van der Waals surface area contributed by atoms with Gasteiger partial charge in [-0.15, -0.1) is 10.2 Å². The average molecular weight is 317 g/mol. The van der Waals surface area contributed by atoms with E-state index in [4.69, 9.17) is 4.42 Å². The molecule has 4 rings (SSSR count). The molecule has 0 saturated carbocycles. The Morgan fingerprint density at radius 3 is 2.29 bits per heavy atom. The van der Waals surface area contributed by atoms with Crippen molar-refractivity contribution in [2.75, 3.05) is 0 Å². The number of aryl methyl sites for hydroxylation is 1. The van der Waals surface area contributed by atoms with Gasteiger partial charge < -0.3 is 4.42 Å². The van der Waals surface area contributed by atoms with Crippen molar-refractivity contribution in [2.24, 2.45) is 0 Å². The van der Waals surface area contributed by atoms with Gasteiger partial charge in [-0.2, -0.15) is 4.80 Å². The molecule has 0 amide bonds. The highest BCUT2D eigenvalue weighted by atomic mass is 16.4. The fraction of sp³-hybridized carbons (Fsp3) is 0.111. The SMILES string of the molecule is Cc1oc(-c2ccccc2)nc1Cn1nnc(-c2ccccc2)n1. The van der Waals surface area contributed by atoms with E-state index in [1.54, 1.807) is 0 Å². The first-order valence-electron chi connectivity index (χ1n) is 7.64. The molecule has 0 unspecified atom stereocenters. The topological polar surface area (TPSA) is 69.6 Å². The molecule has 0 fully saturated rings. The summed E-state index contributed by atoms with van der Waals surface area (Å²) in [5, 5.41) is 12.6. The van der Waals surface area contributed by atoms with Gasteiger partial charge in [-0.1, -0.05) is 48.5 Å². The Labute approximate surface area is 138 Å². The van der Waals surface area contributed by atoms with E-state index in [1.807, 2.05) is 67.6 Å². The van der Waals surface area contributed by atoms with Crippen LogP contribution in [0.1, 0.15) is 11.5 Å². The Hall–Kier alpha value is -3.28. The van der Waals surface area contributed by atoms with E-state index in [-0.39, 0.29) is 0 Å². The van der Waals surface area contributed by atoms with Gasteiger partial charge in [0, 0.05) is 11.1 Å². The van der Waals surface area contributed by atoms with E-state index >= 15 is 0 Å². The molecule has 0 radical (unpaired) electrons. The monoisotopic (exact) mass is 317 g/mol. The predicted molar refractivity (Wildman–Crippen MR) is 89.0 cm³/mol. The summed E-state index contributed by atoms with van der Waals surface area (Å²) < 4.78 is 5.76. The number of rotatable bonds is 4. The Balaban J connectivity index is 1.58. The van der Waals surface area contributed by atoms with Crippen LogP contribution in [0.5, 0.6) is 0 Å². The molecular formula is C18H15N5O. The normalized spacial score (nSPS) is 10.9. The van der Waals surface area contributed by atoms with Crippen molar-refractivity contribution in [3.8, 4) is 22.8 Å². The maximum absolute atomic E-state index is 5.76. The Morgan fingerprint density at radius 2 is 1.58 bits per heavy atom. The maximum Gasteiger partial charge on any atom is 0.226 e. The number of hydrogen-bond donors (Lipinski definition) is 0. The Morgan fingerprint density at radius 1 is 0.917 bits per heavy atom. The van der Waals surface area contributed by atoms with Crippen LogP contribution in [-0.2, 0) is 6.54 Å². The standard InChI is InChI=1S/C18H15N5O/c1-13-16(19-18(24-13)15-10-6-3-7-11-15)12-23-21-17(20-22-23)14-8-4-2-5-9-14/h2-11H,12H2,1H3. The fourth-order valence-electron chi connectivity index (χ4n) is 2.43. The molecule has 24 heavy (non-hydrogen) atoms. The molecule has 118 valence electrons. The number of benzene rings is 2. The highest BCUT2D eigenvalue weighted by Crippen LogP contribution is 2.21. The quantitative estimate of drug-likeness (QED) is 0.577. The van der Waals surface area contributed by atoms with E-state index in [1.165, 1.54) is 4.80 Å². The summed E-state index contributed by atoms with van der Waals surface area (Å²) in [6.45, 7) is 2.31. The van der Waals surface area contributed by atoms with Crippen molar-refractivity contribution in [3.05, 3.63) is 72.1 Å². The maximum atomic E-state index is 5.76. The zero-order chi connectivity index (χ0) is 16.4. The van der Waals surface area contributed by atoms with Crippen molar-refractivity contribution in [1.29, 1.82) is 0 Å². The van der Waals surface area contributed by atoms with Gasteiger partial charge in [0.2, 0.25) is 11.7 Å². The number of aromatic nitrogens is 5. The van der Waals surface area contributed by atoms with Gasteiger partial charge in [0.05, 0.1) is 0 Å². The molecule has 0 aliphatic carbocycles. The average Bonchev–Trinajstić information content (AvgIpc) is 3.24. The van der Waals surface area contributed by atoms with Crippen molar-refractivity contribution in [2.45, 2.75) is 13.5 Å². The second-order valence-electron chi connectivity index (χ2n) is 5.40. The summed E-state index contributed by atoms with van der Waals surface area (Å²) in [6, 6.07) is 19.6. The lowest BCUT2D eigenvalue weighted by Gasteiger charge is -1.95. The molecule has 0 atom stereocenters. The molecule has 2 aromatic heterocycles. The summed E-state index contributed by atoms with van der Waals surface area (Å²) >= 11 is 0. The summed E-state index contributed by atoms with van der Waals surface area (Å²) in [4.78, 5) is 6.09. The molecule has 0 N–H and O–H groups in total. The van der Waals surface area contributed by atoms with Crippen LogP contribution in [0.3, 0.4) is 0 Å². The van der Waals surface area contributed by atoms with Crippen LogP contribution < -0.4 is 0 Å². The first-order chi connectivity index (χ1) is 11.8. The van der Waals surface area contributed by atoms with E-state index in [9.17, 15) is 0 Å². The minimum absolute atomic E-state index is 0.419. The summed E-state index contributed by atoms with van der Waals surface area (Å²) in [6.07, 6.45) is 0. The molecule has 0 aliphatic heterocycles. The van der Waals surface area contributed by atoms with Gasteiger partial charge in [-0.25, -0.2) is 4.98 Å². The van der Waals surface area contributed by atoms with Gasteiger partial charge in [0.15, 0.2) is 0 Å². The van der Waals surface area contributed by atoms with Crippen LogP contribution in [0.25, 0.3) is 22.8 Å². The molecule has 4 aromatic rings. The van der Waals surface area contributed by atoms with Crippen molar-refractivity contribution >= 4 is 0 Å². The highest BCUT2D eigenvalue weighted by molar-refractivity contribution is 5.54. The minimum Gasteiger partial charge on any atom is -0.441 e. The summed E-state index contributed by atoms with van der Waals surface area (Å²) in [7, 11) is 0. The number of nitrogens with zero attached hydrogens (tertiary/aromatic N) is 5. The van der Waals surface area contributed by atoms with Crippen LogP contribution in [0, 0.1) is 6.92 Å². The molecule has 6 nitrogen and oxygen atoms in total. The molecule has 2 heterocycles. The molecule has 6 heteroatoms. The second kappa shape index (κ2) is 6.08. The van der Waals surface area contributed by atoms with Crippen molar-refractivity contribution in [3.63, 3.8) is 0 Å². The highest BCUT2D eigenvalue weighted by Gasteiger charge is 2.13. The lowest BCUT2D eigenvalue weighted by Crippen LogP contribution is -2.05. The van der Waals surface area contributed by atoms with Crippen LogP contribution in [0.2, 0.25) is 0 Å². The third-order valence-electron chi connectivity index (χ3n) is 3.69. The third-order valence-corrected chi connectivity index (χ3v) is 3.69. The molecule has 0 aliphatic rings. The van der Waals surface area contributed by atoms with Gasteiger partial charge in [0.1, 0.15) is 18.0 Å². The minimum atomic E-state index is 0.419. The molecule has 0 bridgehead atoms. The third kappa shape index (κ3) is 2.81. The number of tetrazole rings is 1. The zero-order valence-electron chi connectivity index (χ0n) is 13.1.